The van der Waals surface area contributed by atoms with Gasteiger partial charge in [-0.25, -0.2) is 0 Å². The number of aromatic nitrogens is 2. The van der Waals surface area contributed by atoms with Gasteiger partial charge in [-0.05, 0) is 6.07 Å². The molecule has 0 unspecified atom stereocenters. The fourth-order valence-electron chi connectivity index (χ4n) is 1.54. The lowest BCUT2D eigenvalue weighted by atomic mass is 10.3. The van der Waals surface area contributed by atoms with E-state index < -0.39 is 4.92 Å². The number of benzene rings is 1. The monoisotopic (exact) mass is 251 g/mol. The Hall–Kier alpha value is -2.06. The van der Waals surface area contributed by atoms with Crippen LogP contribution in [0.15, 0.2) is 22.7 Å². The van der Waals surface area contributed by atoms with Gasteiger partial charge in [0.25, 0.3) is 0 Å². The SMILES string of the molecule is C1CNCCN1.O=[N+]([O-])c1cccc2onnc12. The fraction of sp³-hybridized carbons (Fsp3) is 0.400. The van der Waals surface area contributed by atoms with Gasteiger partial charge >= 0.3 is 5.69 Å². The highest BCUT2D eigenvalue weighted by Crippen LogP contribution is 2.21. The van der Waals surface area contributed by atoms with Gasteiger partial charge in [-0.15, -0.1) is 5.10 Å². The van der Waals surface area contributed by atoms with Gasteiger partial charge in [0.15, 0.2) is 5.58 Å². The molecule has 8 heteroatoms. The van der Waals surface area contributed by atoms with Gasteiger partial charge in [-0.2, -0.15) is 0 Å². The zero-order valence-corrected chi connectivity index (χ0v) is 9.63. The first-order valence-corrected chi connectivity index (χ1v) is 5.56. The number of hydrogen-bond acceptors (Lipinski definition) is 7. The van der Waals surface area contributed by atoms with Gasteiger partial charge in [0.2, 0.25) is 5.52 Å². The van der Waals surface area contributed by atoms with Gasteiger partial charge in [0, 0.05) is 37.5 Å². The molecule has 1 fully saturated rings. The minimum Gasteiger partial charge on any atom is -0.337 e. The van der Waals surface area contributed by atoms with E-state index in [1.54, 1.807) is 6.07 Å². The molecule has 0 aliphatic carbocycles. The Bertz CT molecular complexity index is 511. The maximum atomic E-state index is 10.4. The van der Waals surface area contributed by atoms with Crippen molar-refractivity contribution in [3.63, 3.8) is 0 Å². The summed E-state index contributed by atoms with van der Waals surface area (Å²) in [7, 11) is 0. The van der Waals surface area contributed by atoms with Crippen LogP contribution in [-0.2, 0) is 0 Å². The van der Waals surface area contributed by atoms with Crippen LogP contribution in [0, 0.1) is 10.1 Å². The van der Waals surface area contributed by atoms with Crippen LogP contribution in [0.1, 0.15) is 0 Å². The Labute approximate surface area is 102 Å². The lowest BCUT2D eigenvalue weighted by Crippen LogP contribution is -2.39. The number of nitro benzene ring substituents is 1. The number of nitrogens with zero attached hydrogens (tertiary/aromatic N) is 3. The predicted octanol–water partition coefficient (Wildman–Crippen LogP) is 0.310. The smallest absolute Gasteiger partial charge is 0.300 e. The molecule has 8 nitrogen and oxygen atoms in total. The molecule has 2 heterocycles. The van der Waals surface area contributed by atoms with Gasteiger partial charge in [-0.1, -0.05) is 6.07 Å². The zero-order valence-electron chi connectivity index (χ0n) is 9.63. The van der Waals surface area contributed by atoms with E-state index in [1.807, 2.05) is 0 Å². The summed E-state index contributed by atoms with van der Waals surface area (Å²) in [6, 6.07) is 4.45. The Morgan fingerprint density at radius 1 is 1.22 bits per heavy atom. The first-order valence-electron chi connectivity index (χ1n) is 5.56. The van der Waals surface area contributed by atoms with Gasteiger partial charge in [0.1, 0.15) is 0 Å². The lowest BCUT2D eigenvalue weighted by Gasteiger charge is -2.11. The van der Waals surface area contributed by atoms with Crippen molar-refractivity contribution in [1.29, 1.82) is 0 Å². The first kappa shape index (κ1) is 12.4. The van der Waals surface area contributed by atoms with Crippen LogP contribution >= 0.6 is 0 Å². The zero-order chi connectivity index (χ0) is 12.8. The highest BCUT2D eigenvalue weighted by Gasteiger charge is 2.14. The average molecular weight is 251 g/mol. The lowest BCUT2D eigenvalue weighted by molar-refractivity contribution is -0.383. The van der Waals surface area contributed by atoms with E-state index in [0.717, 1.165) is 26.2 Å². The third-order valence-corrected chi connectivity index (χ3v) is 2.41. The maximum absolute atomic E-state index is 10.4. The van der Waals surface area contributed by atoms with E-state index >= 15 is 0 Å². The molecule has 0 saturated carbocycles. The molecule has 2 aromatic rings. The highest BCUT2D eigenvalue weighted by molar-refractivity contribution is 5.81. The van der Waals surface area contributed by atoms with Gasteiger partial charge in [0.05, 0.1) is 4.92 Å². The second kappa shape index (κ2) is 6.03. The van der Waals surface area contributed by atoms with Crippen molar-refractivity contribution in [3.8, 4) is 0 Å². The molecule has 1 aromatic carbocycles. The molecular formula is C10H13N5O3. The Morgan fingerprint density at radius 2 is 1.89 bits per heavy atom. The van der Waals surface area contributed by atoms with Gasteiger partial charge < -0.3 is 15.2 Å². The van der Waals surface area contributed by atoms with Crippen LogP contribution in [0.25, 0.3) is 11.1 Å². The summed E-state index contributed by atoms with van der Waals surface area (Å²) < 4.78 is 4.64. The quantitative estimate of drug-likeness (QED) is 0.555. The van der Waals surface area contributed by atoms with E-state index in [1.165, 1.54) is 12.1 Å². The van der Waals surface area contributed by atoms with Crippen LogP contribution in [-0.4, -0.2) is 41.5 Å². The topological polar surface area (TPSA) is 106 Å². The standard InChI is InChI=1S/C6H3N3O3.C4H10N2/c10-9(11)4-2-1-3-5-6(4)7-8-12-5;1-2-6-4-3-5-1/h1-3H;5-6H,1-4H2. The fourth-order valence-corrected chi connectivity index (χ4v) is 1.54. The number of nitro groups is 1. The molecule has 0 amide bonds. The molecule has 2 N–H and O–H groups in total. The number of piperazine rings is 1. The van der Waals surface area contributed by atoms with E-state index in [4.69, 9.17) is 0 Å². The molecule has 3 rings (SSSR count). The Kier molecular flexibility index (Phi) is 4.15. The summed E-state index contributed by atoms with van der Waals surface area (Å²) in [4.78, 5) is 9.89. The molecule has 1 saturated heterocycles. The number of hydrogen-bond donors (Lipinski definition) is 2. The molecule has 1 aromatic heterocycles. The minimum atomic E-state index is -0.521. The molecular weight excluding hydrogens is 238 g/mol. The van der Waals surface area contributed by atoms with Crippen LogP contribution < -0.4 is 10.6 Å². The molecule has 0 radical (unpaired) electrons. The number of nitrogens with one attached hydrogen (secondary N) is 2. The normalized spacial score (nSPS) is 14.9. The second-order valence-corrected chi connectivity index (χ2v) is 3.65. The number of fused-ring (bicyclic) bond motifs is 1. The van der Waals surface area contributed by atoms with Crippen LogP contribution in [0.4, 0.5) is 5.69 Å². The van der Waals surface area contributed by atoms with E-state index in [0.29, 0.717) is 5.58 Å². The van der Waals surface area contributed by atoms with Crippen LogP contribution in [0.5, 0.6) is 0 Å². The molecule has 1 aliphatic heterocycles. The average Bonchev–Trinajstić information content (AvgIpc) is 2.89. The summed E-state index contributed by atoms with van der Waals surface area (Å²) in [6.07, 6.45) is 0. The van der Waals surface area contributed by atoms with Crippen molar-refractivity contribution >= 4 is 16.8 Å². The molecule has 0 spiro atoms. The van der Waals surface area contributed by atoms with Gasteiger partial charge in [-0.3, -0.25) is 10.1 Å². The molecule has 0 bridgehead atoms. The third-order valence-electron chi connectivity index (χ3n) is 2.41. The summed E-state index contributed by atoms with van der Waals surface area (Å²) in [5.74, 6) is 0. The van der Waals surface area contributed by atoms with Crippen LogP contribution in [0.2, 0.25) is 0 Å². The van der Waals surface area contributed by atoms with Crippen molar-refractivity contribution in [3.05, 3.63) is 28.3 Å². The third kappa shape index (κ3) is 2.99. The van der Waals surface area contributed by atoms with Crippen molar-refractivity contribution in [1.82, 2.24) is 21.0 Å². The Balaban J connectivity index is 0.000000169. The summed E-state index contributed by atoms with van der Waals surface area (Å²) in [5.41, 5.74) is 0.417. The Morgan fingerprint density at radius 3 is 2.44 bits per heavy atom. The number of non-ortho nitro benzene ring substituents is 1. The predicted molar refractivity (Wildman–Crippen MR) is 64.2 cm³/mol. The summed E-state index contributed by atoms with van der Waals surface area (Å²) in [5, 5.41) is 23.5. The number of rotatable bonds is 1. The maximum Gasteiger partial charge on any atom is 0.300 e. The summed E-state index contributed by atoms with van der Waals surface area (Å²) in [6.45, 7) is 4.56. The minimum absolute atomic E-state index is 0.0891. The molecule has 0 atom stereocenters. The largest absolute Gasteiger partial charge is 0.337 e. The van der Waals surface area contributed by atoms with Crippen molar-refractivity contribution in [2.24, 2.45) is 0 Å². The summed E-state index contributed by atoms with van der Waals surface area (Å²) >= 11 is 0. The molecule has 96 valence electrons. The van der Waals surface area contributed by atoms with Crippen molar-refractivity contribution in [2.75, 3.05) is 26.2 Å². The second-order valence-electron chi connectivity index (χ2n) is 3.65. The van der Waals surface area contributed by atoms with E-state index in [2.05, 4.69) is 25.5 Å². The van der Waals surface area contributed by atoms with E-state index in [-0.39, 0.29) is 11.2 Å². The van der Waals surface area contributed by atoms with Crippen LogP contribution in [0.3, 0.4) is 0 Å². The van der Waals surface area contributed by atoms with Crippen molar-refractivity contribution < 1.29 is 9.45 Å². The molecule has 18 heavy (non-hydrogen) atoms. The first-order chi connectivity index (χ1) is 8.79. The van der Waals surface area contributed by atoms with E-state index in [9.17, 15) is 10.1 Å². The van der Waals surface area contributed by atoms with Crippen molar-refractivity contribution in [2.45, 2.75) is 0 Å². The molecule has 1 aliphatic rings. The highest BCUT2D eigenvalue weighted by atomic mass is 16.6.